The van der Waals surface area contributed by atoms with Crippen molar-refractivity contribution in [2.24, 2.45) is 0 Å². The Kier molecular flexibility index (Phi) is 5.92. The lowest BCUT2D eigenvalue weighted by molar-refractivity contribution is 0.272. The highest BCUT2D eigenvalue weighted by Gasteiger charge is 2.08. The summed E-state index contributed by atoms with van der Waals surface area (Å²) in [6.07, 6.45) is 0. The molecular formula is C17H19Cl2NO. The van der Waals surface area contributed by atoms with Crippen LogP contribution in [-0.2, 0) is 6.54 Å². The molecule has 0 spiro atoms. The predicted molar refractivity (Wildman–Crippen MR) is 89.4 cm³/mol. The fourth-order valence-electron chi connectivity index (χ4n) is 1.89. The molecule has 21 heavy (non-hydrogen) atoms. The van der Waals surface area contributed by atoms with Gasteiger partial charge in [-0.2, -0.15) is 0 Å². The molecule has 0 amide bonds. The number of rotatable bonds is 6. The normalized spacial score (nSPS) is 12.2. The largest absolute Gasteiger partial charge is 0.492 e. The molecule has 0 heterocycles. The highest BCUT2D eigenvalue weighted by molar-refractivity contribution is 6.35. The highest BCUT2D eigenvalue weighted by Crippen LogP contribution is 2.24. The number of ether oxygens (including phenoxy) is 1. The average molecular weight is 324 g/mol. The molecule has 0 radical (unpaired) electrons. The summed E-state index contributed by atoms with van der Waals surface area (Å²) in [5.74, 6) is 0.880. The Balaban J connectivity index is 1.82. The molecule has 112 valence electrons. The molecule has 0 aliphatic rings. The van der Waals surface area contributed by atoms with Gasteiger partial charge in [-0.05, 0) is 38.1 Å². The second kappa shape index (κ2) is 7.69. The number of aryl methyl sites for hydroxylation is 1. The van der Waals surface area contributed by atoms with Crippen molar-refractivity contribution in [3.8, 4) is 5.75 Å². The van der Waals surface area contributed by atoms with Crippen LogP contribution in [0.15, 0.2) is 42.5 Å². The smallest absolute Gasteiger partial charge is 0.119 e. The van der Waals surface area contributed by atoms with Crippen molar-refractivity contribution in [3.05, 3.63) is 63.6 Å². The van der Waals surface area contributed by atoms with Crippen LogP contribution >= 0.6 is 23.2 Å². The quantitative estimate of drug-likeness (QED) is 0.819. The van der Waals surface area contributed by atoms with Gasteiger partial charge in [-0.25, -0.2) is 0 Å². The van der Waals surface area contributed by atoms with Crippen LogP contribution in [0.2, 0.25) is 10.0 Å². The van der Waals surface area contributed by atoms with Crippen LogP contribution in [0.1, 0.15) is 18.1 Å². The summed E-state index contributed by atoms with van der Waals surface area (Å²) >= 11 is 12.3. The topological polar surface area (TPSA) is 21.3 Å². The van der Waals surface area contributed by atoms with Crippen LogP contribution in [0.4, 0.5) is 0 Å². The molecule has 2 rings (SSSR count). The Morgan fingerprint density at radius 3 is 2.29 bits per heavy atom. The van der Waals surface area contributed by atoms with Crippen LogP contribution < -0.4 is 10.1 Å². The van der Waals surface area contributed by atoms with Gasteiger partial charge >= 0.3 is 0 Å². The Bertz CT molecular complexity index is 564. The van der Waals surface area contributed by atoms with Crippen LogP contribution in [0.25, 0.3) is 0 Å². The molecule has 2 aromatic rings. The molecule has 0 saturated carbocycles. The highest BCUT2D eigenvalue weighted by atomic mass is 35.5. The number of nitrogens with one attached hydrogen (secondary N) is 1. The molecule has 0 aliphatic heterocycles. The number of benzene rings is 2. The van der Waals surface area contributed by atoms with E-state index in [-0.39, 0.29) is 6.04 Å². The van der Waals surface area contributed by atoms with E-state index in [4.69, 9.17) is 27.9 Å². The minimum absolute atomic E-state index is 0.193. The number of hydrogen-bond donors (Lipinski definition) is 1. The molecule has 0 saturated heterocycles. The van der Waals surface area contributed by atoms with E-state index in [1.54, 1.807) is 0 Å². The van der Waals surface area contributed by atoms with E-state index >= 15 is 0 Å². The molecule has 1 N–H and O–H groups in total. The summed E-state index contributed by atoms with van der Waals surface area (Å²) < 4.78 is 5.74. The van der Waals surface area contributed by atoms with Gasteiger partial charge in [0.05, 0.1) is 0 Å². The van der Waals surface area contributed by atoms with Crippen molar-refractivity contribution < 1.29 is 4.74 Å². The van der Waals surface area contributed by atoms with E-state index in [0.717, 1.165) is 11.3 Å². The lowest BCUT2D eigenvalue weighted by Gasteiger charge is -2.16. The monoisotopic (exact) mass is 323 g/mol. The molecule has 1 atom stereocenters. The first-order chi connectivity index (χ1) is 10.1. The minimum Gasteiger partial charge on any atom is -0.492 e. The molecule has 2 aromatic carbocycles. The summed E-state index contributed by atoms with van der Waals surface area (Å²) in [6.45, 7) is 5.34. The first-order valence-electron chi connectivity index (χ1n) is 6.92. The van der Waals surface area contributed by atoms with Crippen LogP contribution in [0.3, 0.4) is 0 Å². The maximum Gasteiger partial charge on any atom is 0.119 e. The van der Waals surface area contributed by atoms with Gasteiger partial charge in [-0.3, -0.25) is 0 Å². The molecule has 0 aliphatic carbocycles. The lowest BCUT2D eigenvalue weighted by Crippen LogP contribution is -2.31. The standard InChI is InChI=1S/C17H19Cl2NO/c1-12-6-8-14(9-7-12)21-11-13(2)20-10-15-16(18)4-3-5-17(15)19/h3-9,13,20H,10-11H2,1-2H3. The van der Waals surface area contributed by atoms with Crippen molar-refractivity contribution in [3.63, 3.8) is 0 Å². The van der Waals surface area contributed by atoms with Crippen molar-refractivity contribution in [1.82, 2.24) is 5.32 Å². The van der Waals surface area contributed by atoms with Gasteiger partial charge in [0.2, 0.25) is 0 Å². The Labute approximate surface area is 136 Å². The molecule has 2 nitrogen and oxygen atoms in total. The van der Waals surface area contributed by atoms with E-state index in [9.17, 15) is 0 Å². The maximum absolute atomic E-state index is 6.15. The van der Waals surface area contributed by atoms with Crippen molar-refractivity contribution in [2.45, 2.75) is 26.4 Å². The molecule has 0 bridgehead atoms. The molecule has 4 heteroatoms. The van der Waals surface area contributed by atoms with Crippen molar-refractivity contribution in [2.75, 3.05) is 6.61 Å². The van der Waals surface area contributed by atoms with E-state index in [1.165, 1.54) is 5.56 Å². The van der Waals surface area contributed by atoms with E-state index in [1.807, 2.05) is 42.5 Å². The van der Waals surface area contributed by atoms with Gasteiger partial charge in [0.1, 0.15) is 12.4 Å². The third-order valence-electron chi connectivity index (χ3n) is 3.21. The van der Waals surface area contributed by atoms with E-state index < -0.39 is 0 Å². The molecule has 1 unspecified atom stereocenters. The predicted octanol–water partition coefficient (Wildman–Crippen LogP) is 4.86. The second-order valence-electron chi connectivity index (χ2n) is 5.11. The summed E-state index contributed by atoms with van der Waals surface area (Å²) in [7, 11) is 0. The van der Waals surface area contributed by atoms with Crippen LogP contribution in [0, 0.1) is 6.92 Å². The SMILES string of the molecule is Cc1ccc(OCC(C)NCc2c(Cl)cccc2Cl)cc1. The summed E-state index contributed by atoms with van der Waals surface area (Å²) in [5, 5.41) is 4.73. The van der Waals surface area contributed by atoms with Gasteiger partial charge in [0, 0.05) is 28.2 Å². The number of hydrogen-bond acceptors (Lipinski definition) is 2. The third kappa shape index (κ3) is 4.92. The Hall–Kier alpha value is -1.22. The fourth-order valence-corrected chi connectivity index (χ4v) is 2.42. The maximum atomic E-state index is 6.15. The Morgan fingerprint density at radius 2 is 1.67 bits per heavy atom. The first kappa shape index (κ1) is 16.2. The van der Waals surface area contributed by atoms with Crippen molar-refractivity contribution in [1.29, 1.82) is 0 Å². The summed E-state index contributed by atoms with van der Waals surface area (Å²) in [4.78, 5) is 0. The van der Waals surface area contributed by atoms with Gasteiger partial charge in [0.25, 0.3) is 0 Å². The van der Waals surface area contributed by atoms with Gasteiger partial charge in [-0.1, -0.05) is 47.0 Å². The third-order valence-corrected chi connectivity index (χ3v) is 3.92. The number of halogens is 2. The van der Waals surface area contributed by atoms with Gasteiger partial charge in [-0.15, -0.1) is 0 Å². The fraction of sp³-hybridized carbons (Fsp3) is 0.294. The molecule has 0 aromatic heterocycles. The van der Waals surface area contributed by atoms with Crippen molar-refractivity contribution >= 4 is 23.2 Å². The average Bonchev–Trinajstić information content (AvgIpc) is 2.46. The second-order valence-corrected chi connectivity index (χ2v) is 5.92. The summed E-state index contributed by atoms with van der Waals surface area (Å²) in [6, 6.07) is 13.8. The van der Waals surface area contributed by atoms with E-state index in [0.29, 0.717) is 23.2 Å². The zero-order chi connectivity index (χ0) is 15.2. The van der Waals surface area contributed by atoms with Crippen LogP contribution in [0.5, 0.6) is 5.75 Å². The molecule has 0 fully saturated rings. The zero-order valence-corrected chi connectivity index (χ0v) is 13.7. The van der Waals surface area contributed by atoms with Gasteiger partial charge in [0.15, 0.2) is 0 Å². The van der Waals surface area contributed by atoms with Gasteiger partial charge < -0.3 is 10.1 Å². The summed E-state index contributed by atoms with van der Waals surface area (Å²) in [5.41, 5.74) is 2.14. The van der Waals surface area contributed by atoms with Crippen LogP contribution in [-0.4, -0.2) is 12.6 Å². The zero-order valence-electron chi connectivity index (χ0n) is 12.2. The first-order valence-corrected chi connectivity index (χ1v) is 7.67. The minimum atomic E-state index is 0.193. The molecular weight excluding hydrogens is 305 g/mol. The lowest BCUT2D eigenvalue weighted by atomic mass is 10.2. The Morgan fingerprint density at radius 1 is 1.05 bits per heavy atom. The van der Waals surface area contributed by atoms with E-state index in [2.05, 4.69) is 19.2 Å².